The highest BCUT2D eigenvalue weighted by molar-refractivity contribution is 5.28. The van der Waals surface area contributed by atoms with Crippen molar-refractivity contribution in [2.75, 3.05) is 13.2 Å². The van der Waals surface area contributed by atoms with Crippen molar-refractivity contribution in [3.05, 3.63) is 29.8 Å². The lowest BCUT2D eigenvalue weighted by Gasteiger charge is -2.27. The van der Waals surface area contributed by atoms with Gasteiger partial charge in [-0.3, -0.25) is 0 Å². The number of phenols is 1. The summed E-state index contributed by atoms with van der Waals surface area (Å²) in [6.07, 6.45) is 3.32. The molecule has 0 bridgehead atoms. The zero-order chi connectivity index (χ0) is 13.0. The molecule has 1 aromatic carbocycles. The Morgan fingerprint density at radius 3 is 2.67 bits per heavy atom. The first-order chi connectivity index (χ1) is 8.63. The Balaban J connectivity index is 1.95. The van der Waals surface area contributed by atoms with Gasteiger partial charge in [-0.15, -0.1) is 0 Å². The van der Waals surface area contributed by atoms with Crippen LogP contribution in [0.3, 0.4) is 0 Å². The summed E-state index contributed by atoms with van der Waals surface area (Å²) in [5.41, 5.74) is 1.21. The van der Waals surface area contributed by atoms with E-state index in [2.05, 4.69) is 19.2 Å². The highest BCUT2D eigenvalue weighted by Gasteiger charge is 2.30. The van der Waals surface area contributed by atoms with Crippen LogP contribution in [0.2, 0.25) is 0 Å². The summed E-state index contributed by atoms with van der Waals surface area (Å²) in [6, 6.07) is 7.77. The van der Waals surface area contributed by atoms with E-state index in [-0.39, 0.29) is 5.60 Å². The maximum Gasteiger partial charge on any atom is 0.115 e. The lowest BCUT2D eigenvalue weighted by molar-refractivity contribution is 0.0186. The van der Waals surface area contributed by atoms with E-state index in [1.54, 1.807) is 12.1 Å². The molecular weight excluding hydrogens is 226 g/mol. The van der Waals surface area contributed by atoms with Gasteiger partial charge in [0.05, 0.1) is 5.60 Å². The van der Waals surface area contributed by atoms with E-state index in [1.165, 1.54) is 5.56 Å². The van der Waals surface area contributed by atoms with Gasteiger partial charge < -0.3 is 15.2 Å². The second kappa shape index (κ2) is 5.72. The van der Waals surface area contributed by atoms with Crippen LogP contribution in [0.4, 0.5) is 0 Å². The molecule has 1 aromatic rings. The van der Waals surface area contributed by atoms with Crippen molar-refractivity contribution in [1.29, 1.82) is 0 Å². The third kappa shape index (κ3) is 3.24. The molecule has 1 fully saturated rings. The Bertz CT molecular complexity index is 369. The molecule has 3 nitrogen and oxygen atoms in total. The van der Waals surface area contributed by atoms with E-state index >= 15 is 0 Å². The van der Waals surface area contributed by atoms with Crippen molar-refractivity contribution in [2.24, 2.45) is 0 Å². The predicted molar refractivity (Wildman–Crippen MR) is 72.7 cm³/mol. The lowest BCUT2D eigenvalue weighted by Crippen LogP contribution is -2.38. The Morgan fingerprint density at radius 1 is 1.39 bits per heavy atom. The highest BCUT2D eigenvalue weighted by atomic mass is 16.5. The Labute approximate surface area is 109 Å². The van der Waals surface area contributed by atoms with Gasteiger partial charge in [-0.2, -0.15) is 0 Å². The molecule has 1 heterocycles. The fraction of sp³-hybridized carbons (Fsp3) is 0.600. The van der Waals surface area contributed by atoms with Crippen LogP contribution in [-0.4, -0.2) is 23.9 Å². The third-order valence-corrected chi connectivity index (χ3v) is 3.73. The topological polar surface area (TPSA) is 41.5 Å². The molecule has 2 atom stereocenters. The Kier molecular flexibility index (Phi) is 4.25. The van der Waals surface area contributed by atoms with Crippen LogP contribution in [0.15, 0.2) is 24.3 Å². The van der Waals surface area contributed by atoms with Gasteiger partial charge in [-0.25, -0.2) is 0 Å². The van der Waals surface area contributed by atoms with Gasteiger partial charge in [0.25, 0.3) is 0 Å². The van der Waals surface area contributed by atoms with Crippen molar-refractivity contribution in [1.82, 2.24) is 5.32 Å². The molecule has 100 valence electrons. The number of ether oxygens (including phenoxy) is 1. The van der Waals surface area contributed by atoms with Crippen LogP contribution in [0, 0.1) is 0 Å². The Hall–Kier alpha value is -1.06. The summed E-state index contributed by atoms with van der Waals surface area (Å²) in [4.78, 5) is 0. The molecule has 0 aromatic heterocycles. The number of benzene rings is 1. The van der Waals surface area contributed by atoms with Crippen molar-refractivity contribution >= 4 is 0 Å². The molecule has 2 rings (SSSR count). The van der Waals surface area contributed by atoms with Crippen molar-refractivity contribution < 1.29 is 9.84 Å². The highest BCUT2D eigenvalue weighted by Crippen LogP contribution is 2.26. The molecule has 1 aliphatic rings. The maximum absolute atomic E-state index is 9.31. The number of nitrogens with one attached hydrogen (secondary N) is 1. The maximum atomic E-state index is 9.31. The number of hydrogen-bond donors (Lipinski definition) is 2. The van der Waals surface area contributed by atoms with Gasteiger partial charge in [0, 0.05) is 19.2 Å². The average molecular weight is 249 g/mol. The quantitative estimate of drug-likeness (QED) is 0.843. The van der Waals surface area contributed by atoms with Gasteiger partial charge in [0.15, 0.2) is 0 Å². The van der Waals surface area contributed by atoms with Gasteiger partial charge >= 0.3 is 0 Å². The normalized spacial score (nSPS) is 25.2. The zero-order valence-corrected chi connectivity index (χ0v) is 11.3. The van der Waals surface area contributed by atoms with Crippen molar-refractivity contribution in [3.63, 3.8) is 0 Å². The first-order valence-electron chi connectivity index (χ1n) is 6.79. The second-order valence-electron chi connectivity index (χ2n) is 5.34. The van der Waals surface area contributed by atoms with E-state index in [0.29, 0.717) is 11.8 Å². The number of aromatic hydroxyl groups is 1. The van der Waals surface area contributed by atoms with Crippen LogP contribution >= 0.6 is 0 Å². The van der Waals surface area contributed by atoms with Gasteiger partial charge in [-0.05, 0) is 43.9 Å². The second-order valence-corrected chi connectivity index (χ2v) is 5.34. The first kappa shape index (κ1) is 13.4. The summed E-state index contributed by atoms with van der Waals surface area (Å²) in [7, 11) is 0. The monoisotopic (exact) mass is 249 g/mol. The zero-order valence-electron chi connectivity index (χ0n) is 11.3. The molecule has 0 aliphatic carbocycles. The van der Waals surface area contributed by atoms with Crippen molar-refractivity contribution in [3.8, 4) is 5.75 Å². The summed E-state index contributed by atoms with van der Waals surface area (Å²) in [5.74, 6) is 0.319. The molecule has 1 aliphatic heterocycles. The molecule has 0 radical (unpaired) electrons. The van der Waals surface area contributed by atoms with Crippen LogP contribution in [0.1, 0.15) is 44.7 Å². The van der Waals surface area contributed by atoms with Crippen LogP contribution < -0.4 is 5.32 Å². The number of hydrogen-bond acceptors (Lipinski definition) is 3. The van der Waals surface area contributed by atoms with Crippen LogP contribution in [-0.2, 0) is 4.74 Å². The molecule has 0 amide bonds. The van der Waals surface area contributed by atoms with E-state index < -0.39 is 0 Å². The number of rotatable bonds is 5. The molecule has 2 unspecified atom stereocenters. The van der Waals surface area contributed by atoms with Crippen LogP contribution in [0.25, 0.3) is 0 Å². The molecular formula is C15H23NO2. The minimum absolute atomic E-state index is 0.00958. The third-order valence-electron chi connectivity index (χ3n) is 3.73. The standard InChI is InChI=1S/C15H23NO2/c1-3-14(12-5-7-13(17)8-6-12)16-11-15(2)9-4-10-18-15/h5-8,14,16-17H,3-4,9-11H2,1-2H3. The summed E-state index contributed by atoms with van der Waals surface area (Å²) < 4.78 is 5.79. The molecule has 18 heavy (non-hydrogen) atoms. The smallest absolute Gasteiger partial charge is 0.115 e. The SMILES string of the molecule is CCC(NCC1(C)CCCO1)c1ccc(O)cc1. The van der Waals surface area contributed by atoms with Gasteiger partial charge in [0.1, 0.15) is 5.75 Å². The minimum atomic E-state index is -0.00958. The summed E-state index contributed by atoms with van der Waals surface area (Å²) in [6.45, 7) is 6.11. The average Bonchev–Trinajstić information content (AvgIpc) is 2.79. The van der Waals surface area contributed by atoms with E-state index in [1.807, 2.05) is 12.1 Å². The molecule has 0 spiro atoms. The largest absolute Gasteiger partial charge is 0.508 e. The summed E-state index contributed by atoms with van der Waals surface area (Å²) >= 11 is 0. The predicted octanol–water partition coefficient (Wildman–Crippen LogP) is 3.00. The fourth-order valence-corrected chi connectivity index (χ4v) is 2.52. The Morgan fingerprint density at radius 2 is 2.11 bits per heavy atom. The molecule has 1 saturated heterocycles. The minimum Gasteiger partial charge on any atom is -0.508 e. The fourth-order valence-electron chi connectivity index (χ4n) is 2.52. The van der Waals surface area contributed by atoms with Crippen LogP contribution in [0.5, 0.6) is 5.75 Å². The summed E-state index contributed by atoms with van der Waals surface area (Å²) in [5, 5.41) is 12.9. The van der Waals surface area contributed by atoms with E-state index in [4.69, 9.17) is 4.74 Å². The number of phenolic OH excluding ortho intramolecular Hbond substituents is 1. The molecule has 3 heteroatoms. The van der Waals surface area contributed by atoms with E-state index in [0.717, 1.165) is 32.4 Å². The molecule has 0 saturated carbocycles. The lowest BCUT2D eigenvalue weighted by atomic mass is 10.00. The first-order valence-corrected chi connectivity index (χ1v) is 6.79. The molecule has 2 N–H and O–H groups in total. The van der Waals surface area contributed by atoms with Gasteiger partial charge in [-0.1, -0.05) is 19.1 Å². The van der Waals surface area contributed by atoms with E-state index in [9.17, 15) is 5.11 Å². The van der Waals surface area contributed by atoms with Gasteiger partial charge in [0.2, 0.25) is 0 Å². The van der Waals surface area contributed by atoms with Crippen molar-refractivity contribution in [2.45, 2.75) is 44.8 Å².